The molecule has 0 atom stereocenters. The van der Waals surface area contributed by atoms with Crippen molar-refractivity contribution in [2.45, 2.75) is 6.92 Å². The van der Waals surface area contributed by atoms with Crippen molar-refractivity contribution in [3.05, 3.63) is 151 Å². The lowest BCUT2D eigenvalue weighted by molar-refractivity contribution is 1.10. The maximum atomic E-state index is 5.17. The Bertz CT molecular complexity index is 2200. The molecule has 194 valence electrons. The van der Waals surface area contributed by atoms with Crippen LogP contribution in [0.3, 0.4) is 0 Å². The molecule has 0 fully saturated rings. The van der Waals surface area contributed by atoms with Gasteiger partial charge in [0.05, 0.1) is 22.1 Å². The maximum absolute atomic E-state index is 5.17. The average molecular weight is 526 g/mol. The zero-order valence-corrected chi connectivity index (χ0v) is 22.7. The second kappa shape index (κ2) is 9.35. The first kappa shape index (κ1) is 23.5. The molecule has 0 N–H and O–H groups in total. The van der Waals surface area contributed by atoms with Gasteiger partial charge in [-0.15, -0.1) is 0 Å². The molecule has 0 aliphatic rings. The standard InChI is InChI=1S/C38H27N3/c1-26-19-22-29(23-20-26)40-35-17-9-7-14-31(35)33-25-27(21-24-36(33)40)30-13-5-6-15-32(30)38-39-34-16-8-10-18-37(34)41(38)28-11-3-2-4-12-28/h2-25H,1H3. The van der Waals surface area contributed by atoms with Crippen LogP contribution in [0.4, 0.5) is 0 Å². The van der Waals surface area contributed by atoms with Crippen LogP contribution in [0.2, 0.25) is 0 Å². The molecule has 0 amide bonds. The van der Waals surface area contributed by atoms with Crippen molar-refractivity contribution in [3.63, 3.8) is 0 Å². The monoisotopic (exact) mass is 525 g/mol. The Labute approximate surface area is 238 Å². The zero-order chi connectivity index (χ0) is 27.3. The second-order valence-electron chi connectivity index (χ2n) is 10.6. The zero-order valence-electron chi connectivity index (χ0n) is 22.7. The SMILES string of the molecule is Cc1ccc(-n2c3ccccc3c3cc(-c4ccccc4-c4nc5ccccc5n4-c4ccccc4)ccc32)cc1. The third-order valence-electron chi connectivity index (χ3n) is 8.02. The van der Waals surface area contributed by atoms with Crippen molar-refractivity contribution in [2.24, 2.45) is 0 Å². The molecule has 8 aromatic rings. The number of aryl methyl sites for hydroxylation is 1. The van der Waals surface area contributed by atoms with Crippen LogP contribution in [-0.2, 0) is 0 Å². The summed E-state index contributed by atoms with van der Waals surface area (Å²) in [6.45, 7) is 2.13. The molecule has 6 aromatic carbocycles. The summed E-state index contributed by atoms with van der Waals surface area (Å²) in [5.74, 6) is 0.940. The summed E-state index contributed by atoms with van der Waals surface area (Å²) < 4.78 is 4.64. The molecule has 2 aromatic heterocycles. The number of hydrogen-bond donors (Lipinski definition) is 0. The summed E-state index contributed by atoms with van der Waals surface area (Å²) in [6, 6.07) is 51.8. The number of para-hydroxylation sites is 4. The van der Waals surface area contributed by atoms with Gasteiger partial charge in [-0.25, -0.2) is 4.98 Å². The minimum Gasteiger partial charge on any atom is -0.309 e. The third-order valence-corrected chi connectivity index (χ3v) is 8.02. The Kier molecular flexibility index (Phi) is 5.36. The van der Waals surface area contributed by atoms with E-state index in [1.807, 2.05) is 0 Å². The lowest BCUT2D eigenvalue weighted by Gasteiger charge is -2.14. The van der Waals surface area contributed by atoms with Gasteiger partial charge in [-0.1, -0.05) is 96.6 Å². The van der Waals surface area contributed by atoms with E-state index in [9.17, 15) is 0 Å². The molecular weight excluding hydrogens is 498 g/mol. The maximum Gasteiger partial charge on any atom is 0.146 e. The van der Waals surface area contributed by atoms with Crippen molar-refractivity contribution in [1.29, 1.82) is 0 Å². The molecule has 0 unspecified atom stereocenters. The molecule has 0 radical (unpaired) electrons. The summed E-state index contributed by atoms with van der Waals surface area (Å²) in [4.78, 5) is 5.17. The Balaban J connectivity index is 1.37. The molecule has 0 saturated heterocycles. The topological polar surface area (TPSA) is 22.8 Å². The van der Waals surface area contributed by atoms with Gasteiger partial charge in [0.2, 0.25) is 0 Å². The van der Waals surface area contributed by atoms with Gasteiger partial charge in [0.25, 0.3) is 0 Å². The lowest BCUT2D eigenvalue weighted by atomic mass is 9.97. The van der Waals surface area contributed by atoms with E-state index in [2.05, 4.69) is 162 Å². The fourth-order valence-corrected chi connectivity index (χ4v) is 6.09. The van der Waals surface area contributed by atoms with E-state index in [0.717, 1.165) is 33.7 Å². The summed E-state index contributed by atoms with van der Waals surface area (Å²) in [5, 5.41) is 2.49. The lowest BCUT2D eigenvalue weighted by Crippen LogP contribution is -1.98. The van der Waals surface area contributed by atoms with E-state index in [4.69, 9.17) is 4.98 Å². The number of benzene rings is 6. The van der Waals surface area contributed by atoms with Crippen molar-refractivity contribution in [3.8, 4) is 33.9 Å². The number of fused-ring (bicyclic) bond motifs is 4. The first-order valence-corrected chi connectivity index (χ1v) is 14.0. The van der Waals surface area contributed by atoms with Gasteiger partial charge in [-0.2, -0.15) is 0 Å². The molecule has 0 aliphatic carbocycles. The number of hydrogen-bond acceptors (Lipinski definition) is 1. The van der Waals surface area contributed by atoms with Gasteiger partial charge < -0.3 is 4.57 Å². The molecular formula is C38H27N3. The van der Waals surface area contributed by atoms with Crippen molar-refractivity contribution < 1.29 is 0 Å². The van der Waals surface area contributed by atoms with E-state index < -0.39 is 0 Å². The molecule has 0 aliphatic heterocycles. The van der Waals surface area contributed by atoms with Crippen molar-refractivity contribution in [1.82, 2.24) is 14.1 Å². The smallest absolute Gasteiger partial charge is 0.146 e. The highest BCUT2D eigenvalue weighted by molar-refractivity contribution is 6.10. The predicted molar refractivity (Wildman–Crippen MR) is 171 cm³/mol. The highest BCUT2D eigenvalue weighted by Crippen LogP contribution is 2.39. The van der Waals surface area contributed by atoms with Gasteiger partial charge in [0, 0.05) is 27.7 Å². The summed E-state index contributed by atoms with van der Waals surface area (Å²) in [6.07, 6.45) is 0. The molecule has 0 saturated carbocycles. The van der Waals surface area contributed by atoms with Crippen LogP contribution in [0.15, 0.2) is 146 Å². The molecule has 8 rings (SSSR count). The van der Waals surface area contributed by atoms with E-state index in [1.165, 1.54) is 38.6 Å². The Morgan fingerprint density at radius 2 is 1.10 bits per heavy atom. The van der Waals surface area contributed by atoms with Gasteiger partial charge in [0.1, 0.15) is 5.82 Å². The van der Waals surface area contributed by atoms with Crippen molar-refractivity contribution in [2.75, 3.05) is 0 Å². The van der Waals surface area contributed by atoms with E-state index in [0.29, 0.717) is 0 Å². The number of aromatic nitrogens is 3. The van der Waals surface area contributed by atoms with Crippen LogP contribution in [0.1, 0.15) is 5.56 Å². The Hall–Kier alpha value is -5.41. The van der Waals surface area contributed by atoms with Gasteiger partial charge in [-0.3, -0.25) is 4.57 Å². The summed E-state index contributed by atoms with van der Waals surface area (Å²) >= 11 is 0. The molecule has 3 heteroatoms. The second-order valence-corrected chi connectivity index (χ2v) is 10.6. The Morgan fingerprint density at radius 1 is 0.463 bits per heavy atom. The average Bonchev–Trinajstić information content (AvgIpc) is 3.58. The minimum absolute atomic E-state index is 0.940. The van der Waals surface area contributed by atoms with Gasteiger partial charge in [-0.05, 0) is 72.6 Å². The third kappa shape index (κ3) is 3.78. The van der Waals surface area contributed by atoms with Crippen molar-refractivity contribution >= 4 is 32.8 Å². The van der Waals surface area contributed by atoms with E-state index >= 15 is 0 Å². The number of rotatable bonds is 4. The minimum atomic E-state index is 0.940. The van der Waals surface area contributed by atoms with E-state index in [1.54, 1.807) is 0 Å². The van der Waals surface area contributed by atoms with Gasteiger partial charge >= 0.3 is 0 Å². The quantitative estimate of drug-likeness (QED) is 0.224. The summed E-state index contributed by atoms with van der Waals surface area (Å²) in [5.41, 5.74) is 11.5. The normalized spacial score (nSPS) is 11.5. The summed E-state index contributed by atoms with van der Waals surface area (Å²) in [7, 11) is 0. The van der Waals surface area contributed by atoms with E-state index in [-0.39, 0.29) is 0 Å². The van der Waals surface area contributed by atoms with Crippen LogP contribution >= 0.6 is 0 Å². The molecule has 2 heterocycles. The highest BCUT2D eigenvalue weighted by atomic mass is 15.1. The largest absolute Gasteiger partial charge is 0.309 e. The van der Waals surface area contributed by atoms with Crippen LogP contribution in [0.25, 0.3) is 66.7 Å². The number of imidazole rings is 1. The predicted octanol–water partition coefficient (Wildman–Crippen LogP) is 9.77. The number of nitrogens with zero attached hydrogens (tertiary/aromatic N) is 3. The molecule has 0 spiro atoms. The first-order chi connectivity index (χ1) is 20.3. The molecule has 41 heavy (non-hydrogen) atoms. The molecule has 0 bridgehead atoms. The molecule has 3 nitrogen and oxygen atoms in total. The first-order valence-electron chi connectivity index (χ1n) is 14.0. The fraction of sp³-hybridized carbons (Fsp3) is 0.0263. The Morgan fingerprint density at radius 3 is 1.93 bits per heavy atom. The fourth-order valence-electron chi connectivity index (χ4n) is 6.09. The van der Waals surface area contributed by atoms with Crippen LogP contribution in [-0.4, -0.2) is 14.1 Å². The van der Waals surface area contributed by atoms with Gasteiger partial charge in [0.15, 0.2) is 0 Å². The highest BCUT2D eigenvalue weighted by Gasteiger charge is 2.19. The van der Waals surface area contributed by atoms with Crippen LogP contribution in [0, 0.1) is 6.92 Å². The van der Waals surface area contributed by atoms with Crippen LogP contribution in [0.5, 0.6) is 0 Å². The van der Waals surface area contributed by atoms with Crippen LogP contribution < -0.4 is 0 Å².